The number of halogens is 1. The molecule has 0 saturated carbocycles. The molecule has 1 N–H and O–H groups in total. The van der Waals surface area contributed by atoms with E-state index in [0.717, 1.165) is 5.69 Å². The number of nitrogens with one attached hydrogen (secondary N) is 1. The quantitative estimate of drug-likeness (QED) is 0.742. The van der Waals surface area contributed by atoms with Crippen LogP contribution in [0.1, 0.15) is 13.3 Å². The van der Waals surface area contributed by atoms with Gasteiger partial charge in [0.1, 0.15) is 6.10 Å². The third kappa shape index (κ3) is 4.70. The van der Waals surface area contributed by atoms with E-state index in [1.807, 2.05) is 35.2 Å². The van der Waals surface area contributed by atoms with E-state index in [1.165, 1.54) is 11.8 Å². The van der Waals surface area contributed by atoms with Crippen molar-refractivity contribution in [3.63, 3.8) is 0 Å². The average Bonchev–Trinajstić information content (AvgIpc) is 3.06. The van der Waals surface area contributed by atoms with E-state index in [2.05, 4.69) is 5.32 Å². The fraction of sp³-hybridized carbons (Fsp3) is 0.526. The molecule has 2 saturated heterocycles. The lowest BCUT2D eigenvalue weighted by Crippen LogP contribution is -2.51. The number of nitrogens with zero attached hydrogens (tertiary/aromatic N) is 4. The number of piperazine rings is 1. The van der Waals surface area contributed by atoms with Crippen molar-refractivity contribution in [1.29, 1.82) is 5.26 Å². The van der Waals surface area contributed by atoms with Crippen molar-refractivity contribution in [2.45, 2.75) is 25.7 Å². The number of carbonyl (C=O) groups is 2. The number of alkyl halides is 1. The molecule has 0 bridgehead atoms. The highest BCUT2D eigenvalue weighted by atomic mass is 19.1. The third-order valence-electron chi connectivity index (χ3n) is 4.91. The van der Waals surface area contributed by atoms with Crippen molar-refractivity contribution in [3.05, 3.63) is 24.3 Å². The Bertz CT molecular complexity index is 751. The number of amides is 2. The van der Waals surface area contributed by atoms with Gasteiger partial charge >= 0.3 is 6.09 Å². The molecule has 0 spiro atoms. The fourth-order valence-corrected chi connectivity index (χ4v) is 3.40. The van der Waals surface area contributed by atoms with Crippen LogP contribution in [0.2, 0.25) is 0 Å². The van der Waals surface area contributed by atoms with Gasteiger partial charge in [0.15, 0.2) is 6.30 Å². The normalized spacial score (nSPS) is 22.7. The molecule has 2 heterocycles. The molecule has 2 fully saturated rings. The van der Waals surface area contributed by atoms with E-state index in [0.29, 0.717) is 38.3 Å². The fourth-order valence-electron chi connectivity index (χ4n) is 3.40. The molecule has 150 valence electrons. The number of carbonyl (C=O) groups excluding carboxylic acids is 2. The summed E-state index contributed by atoms with van der Waals surface area (Å²) in [5, 5.41) is 11.3. The Morgan fingerprint density at radius 2 is 2.00 bits per heavy atom. The first-order valence-corrected chi connectivity index (χ1v) is 9.30. The summed E-state index contributed by atoms with van der Waals surface area (Å²) in [5.74, 6) is -0.169. The highest BCUT2D eigenvalue weighted by Gasteiger charge is 2.32. The van der Waals surface area contributed by atoms with Crippen LogP contribution < -0.4 is 15.1 Å². The predicted octanol–water partition coefficient (Wildman–Crippen LogP) is 1.48. The lowest BCUT2D eigenvalue weighted by atomic mass is 10.2. The van der Waals surface area contributed by atoms with Crippen LogP contribution in [0.4, 0.5) is 20.6 Å². The summed E-state index contributed by atoms with van der Waals surface area (Å²) in [4.78, 5) is 28.3. The van der Waals surface area contributed by atoms with Gasteiger partial charge in [-0.2, -0.15) is 5.26 Å². The van der Waals surface area contributed by atoms with Gasteiger partial charge in [0.05, 0.1) is 25.7 Å². The van der Waals surface area contributed by atoms with Gasteiger partial charge in [-0.15, -0.1) is 0 Å². The second-order valence-electron chi connectivity index (χ2n) is 6.89. The Hall–Kier alpha value is -2.86. The lowest BCUT2D eigenvalue weighted by molar-refractivity contribution is -0.119. The van der Waals surface area contributed by atoms with Crippen molar-refractivity contribution in [2.75, 3.05) is 49.1 Å². The first kappa shape index (κ1) is 19.9. The average molecular weight is 389 g/mol. The summed E-state index contributed by atoms with van der Waals surface area (Å²) in [6.07, 6.45) is -1.61. The van der Waals surface area contributed by atoms with E-state index in [9.17, 15) is 14.0 Å². The second kappa shape index (κ2) is 8.89. The van der Waals surface area contributed by atoms with Crippen LogP contribution in [-0.4, -0.2) is 68.6 Å². The number of rotatable bonds is 6. The van der Waals surface area contributed by atoms with Crippen LogP contribution in [0, 0.1) is 11.3 Å². The maximum absolute atomic E-state index is 14.3. The zero-order chi connectivity index (χ0) is 20.1. The zero-order valence-corrected chi connectivity index (χ0v) is 15.8. The third-order valence-corrected chi connectivity index (χ3v) is 4.91. The molecule has 0 aromatic heterocycles. The molecule has 9 heteroatoms. The van der Waals surface area contributed by atoms with Crippen LogP contribution in [0.25, 0.3) is 0 Å². The lowest BCUT2D eigenvalue weighted by Gasteiger charge is -2.38. The van der Waals surface area contributed by atoms with Gasteiger partial charge in [0.2, 0.25) is 5.91 Å². The maximum Gasteiger partial charge on any atom is 0.414 e. The molecule has 28 heavy (non-hydrogen) atoms. The summed E-state index contributed by atoms with van der Waals surface area (Å²) in [6, 6.07) is 9.40. The summed E-state index contributed by atoms with van der Waals surface area (Å²) < 4.78 is 19.6. The molecule has 3 rings (SSSR count). The molecule has 8 nitrogen and oxygen atoms in total. The molecule has 1 aromatic rings. The highest BCUT2D eigenvalue weighted by Crippen LogP contribution is 2.26. The number of nitriles is 1. The molecular weight excluding hydrogens is 365 g/mol. The van der Waals surface area contributed by atoms with Gasteiger partial charge in [0.25, 0.3) is 0 Å². The SMILES string of the molecule is CC(=O)NCC1CN(c2ccc(N3CCN(CCC#N)C(F)C3)cc2)C(=O)O1. The van der Waals surface area contributed by atoms with E-state index in [-0.39, 0.29) is 25.1 Å². The van der Waals surface area contributed by atoms with Crippen LogP contribution >= 0.6 is 0 Å². The highest BCUT2D eigenvalue weighted by molar-refractivity contribution is 5.90. The predicted molar refractivity (Wildman–Crippen MR) is 102 cm³/mol. The molecule has 2 unspecified atom stereocenters. The summed E-state index contributed by atoms with van der Waals surface area (Å²) >= 11 is 0. The number of hydrogen-bond acceptors (Lipinski definition) is 6. The van der Waals surface area contributed by atoms with Crippen LogP contribution in [0.5, 0.6) is 0 Å². The molecule has 0 aliphatic carbocycles. The van der Waals surface area contributed by atoms with Gasteiger partial charge < -0.3 is 15.0 Å². The number of anilines is 2. The first-order valence-electron chi connectivity index (χ1n) is 9.30. The first-order chi connectivity index (χ1) is 13.5. The van der Waals surface area contributed by atoms with Crippen LogP contribution in [0.3, 0.4) is 0 Å². The standard InChI is InChI=1S/C19H24FN5O3/c1-14(26)22-11-17-12-25(19(27)28-17)16-5-3-15(4-6-16)24-10-9-23(8-2-7-21)18(20)13-24/h3-6,17-18H,2,8-13H2,1H3,(H,22,26). The molecule has 2 amide bonds. The van der Waals surface area contributed by atoms with Crippen molar-refractivity contribution in [1.82, 2.24) is 10.2 Å². The smallest absolute Gasteiger partial charge is 0.414 e. The Kier molecular flexibility index (Phi) is 6.31. The number of benzene rings is 1. The van der Waals surface area contributed by atoms with Gasteiger partial charge in [0, 0.05) is 44.4 Å². The summed E-state index contributed by atoms with van der Waals surface area (Å²) in [6.45, 7) is 3.99. The number of hydrogen-bond donors (Lipinski definition) is 1. The van der Waals surface area contributed by atoms with E-state index < -0.39 is 12.4 Å². The number of cyclic esters (lactones) is 1. The number of ether oxygens (including phenoxy) is 1. The molecule has 2 atom stereocenters. The largest absolute Gasteiger partial charge is 0.442 e. The molecular formula is C19H24FN5O3. The van der Waals surface area contributed by atoms with Gasteiger partial charge in [-0.1, -0.05) is 0 Å². The Morgan fingerprint density at radius 1 is 1.29 bits per heavy atom. The Morgan fingerprint density at radius 3 is 2.64 bits per heavy atom. The van der Waals surface area contributed by atoms with Gasteiger partial charge in [-0.25, -0.2) is 9.18 Å². The summed E-state index contributed by atoms with van der Waals surface area (Å²) in [5.41, 5.74) is 1.58. The zero-order valence-electron chi connectivity index (χ0n) is 15.8. The minimum absolute atomic E-state index is 0.169. The molecule has 1 aromatic carbocycles. The molecule has 0 radical (unpaired) electrons. The maximum atomic E-state index is 14.3. The van der Waals surface area contributed by atoms with E-state index in [4.69, 9.17) is 10.00 Å². The summed E-state index contributed by atoms with van der Waals surface area (Å²) in [7, 11) is 0. The Balaban J connectivity index is 1.58. The van der Waals surface area contributed by atoms with Crippen molar-refractivity contribution in [2.24, 2.45) is 0 Å². The monoisotopic (exact) mass is 389 g/mol. The molecule has 2 aliphatic rings. The van der Waals surface area contributed by atoms with E-state index >= 15 is 0 Å². The Labute approximate surface area is 163 Å². The molecule has 2 aliphatic heterocycles. The van der Waals surface area contributed by atoms with Crippen LogP contribution in [0.15, 0.2) is 24.3 Å². The van der Waals surface area contributed by atoms with Gasteiger partial charge in [-0.05, 0) is 24.3 Å². The minimum atomic E-state index is -1.11. The van der Waals surface area contributed by atoms with Crippen molar-refractivity contribution < 1.29 is 18.7 Å². The minimum Gasteiger partial charge on any atom is -0.442 e. The van der Waals surface area contributed by atoms with Crippen LogP contribution in [-0.2, 0) is 9.53 Å². The van der Waals surface area contributed by atoms with Crippen molar-refractivity contribution >= 4 is 23.4 Å². The van der Waals surface area contributed by atoms with Crippen molar-refractivity contribution in [3.8, 4) is 6.07 Å². The van der Waals surface area contributed by atoms with Gasteiger partial charge in [-0.3, -0.25) is 14.6 Å². The van der Waals surface area contributed by atoms with E-state index in [1.54, 1.807) is 4.90 Å². The topological polar surface area (TPSA) is 88.9 Å². The second-order valence-corrected chi connectivity index (χ2v) is 6.89.